The lowest BCUT2D eigenvalue weighted by Gasteiger charge is -2.43. The zero-order chi connectivity index (χ0) is 16.7. The SMILES string of the molecule is Cc1ccc2nc(CNC(=O)C3CC4CCCC(C3)C4N)[nH]c2c1. The third-order valence-corrected chi connectivity index (χ3v) is 5.90. The first-order valence-electron chi connectivity index (χ1n) is 9.08. The van der Waals surface area contributed by atoms with Crippen molar-refractivity contribution < 1.29 is 4.79 Å². The zero-order valence-corrected chi connectivity index (χ0v) is 14.2. The Morgan fingerprint density at radius 1 is 1.33 bits per heavy atom. The number of rotatable bonds is 3. The van der Waals surface area contributed by atoms with Gasteiger partial charge in [0, 0.05) is 12.0 Å². The predicted octanol–water partition coefficient (Wildman–Crippen LogP) is 2.64. The van der Waals surface area contributed by atoms with Crippen LogP contribution in [0.4, 0.5) is 0 Å². The van der Waals surface area contributed by atoms with Crippen LogP contribution >= 0.6 is 0 Å². The highest BCUT2D eigenvalue weighted by molar-refractivity contribution is 5.79. The molecular formula is C19H26N4O. The van der Waals surface area contributed by atoms with Gasteiger partial charge < -0.3 is 16.0 Å². The highest BCUT2D eigenvalue weighted by Gasteiger charge is 2.40. The van der Waals surface area contributed by atoms with Gasteiger partial charge in [0.2, 0.25) is 5.91 Å². The number of nitrogens with two attached hydrogens (primary N) is 1. The minimum atomic E-state index is 0.117. The lowest BCUT2D eigenvalue weighted by atomic mass is 9.65. The number of imidazole rings is 1. The minimum Gasteiger partial charge on any atom is -0.349 e. The number of nitrogens with zero attached hydrogens (tertiary/aromatic N) is 1. The number of carbonyl (C=O) groups excluding carboxylic acids is 1. The molecule has 2 bridgehead atoms. The monoisotopic (exact) mass is 326 g/mol. The van der Waals surface area contributed by atoms with Gasteiger partial charge in [-0.1, -0.05) is 12.5 Å². The Morgan fingerprint density at radius 3 is 2.83 bits per heavy atom. The van der Waals surface area contributed by atoms with E-state index in [1.165, 1.54) is 24.8 Å². The summed E-state index contributed by atoms with van der Waals surface area (Å²) in [6, 6.07) is 6.45. The summed E-state index contributed by atoms with van der Waals surface area (Å²) in [6.07, 6.45) is 5.54. The van der Waals surface area contributed by atoms with E-state index < -0.39 is 0 Å². The summed E-state index contributed by atoms with van der Waals surface area (Å²) in [7, 11) is 0. The number of carbonyl (C=O) groups is 1. The summed E-state index contributed by atoms with van der Waals surface area (Å²) >= 11 is 0. The highest BCUT2D eigenvalue weighted by Crippen LogP contribution is 2.41. The van der Waals surface area contributed by atoms with Gasteiger partial charge in [-0.05, 0) is 62.1 Å². The van der Waals surface area contributed by atoms with Crippen molar-refractivity contribution in [3.05, 3.63) is 29.6 Å². The maximum Gasteiger partial charge on any atom is 0.223 e. The van der Waals surface area contributed by atoms with Crippen LogP contribution in [0.1, 0.15) is 43.5 Å². The van der Waals surface area contributed by atoms with Crippen molar-refractivity contribution in [2.75, 3.05) is 0 Å². The quantitative estimate of drug-likeness (QED) is 0.811. The second-order valence-electron chi connectivity index (χ2n) is 7.62. The number of aromatic amines is 1. The van der Waals surface area contributed by atoms with Crippen molar-refractivity contribution in [3.63, 3.8) is 0 Å². The van der Waals surface area contributed by atoms with Crippen LogP contribution in [0.3, 0.4) is 0 Å². The Morgan fingerprint density at radius 2 is 2.08 bits per heavy atom. The van der Waals surface area contributed by atoms with Gasteiger partial charge in [-0.3, -0.25) is 4.79 Å². The molecule has 24 heavy (non-hydrogen) atoms. The lowest BCUT2D eigenvalue weighted by molar-refractivity contribution is -0.128. The Kier molecular flexibility index (Phi) is 4.04. The van der Waals surface area contributed by atoms with Crippen molar-refractivity contribution in [2.24, 2.45) is 23.5 Å². The molecule has 0 aliphatic heterocycles. The fraction of sp³-hybridized carbons (Fsp3) is 0.579. The molecule has 2 unspecified atom stereocenters. The molecule has 2 atom stereocenters. The predicted molar refractivity (Wildman–Crippen MR) is 94.2 cm³/mol. The van der Waals surface area contributed by atoms with Crippen molar-refractivity contribution in [3.8, 4) is 0 Å². The Labute approximate surface area is 142 Å². The summed E-state index contributed by atoms with van der Waals surface area (Å²) in [5, 5.41) is 3.07. The molecule has 0 saturated heterocycles. The second-order valence-corrected chi connectivity index (χ2v) is 7.62. The molecule has 1 heterocycles. The topological polar surface area (TPSA) is 83.8 Å². The van der Waals surface area contributed by atoms with E-state index in [0.29, 0.717) is 24.4 Å². The number of hydrogen-bond acceptors (Lipinski definition) is 3. The molecule has 2 fully saturated rings. The number of aryl methyl sites for hydroxylation is 1. The number of hydrogen-bond donors (Lipinski definition) is 3. The van der Waals surface area contributed by atoms with E-state index >= 15 is 0 Å². The Bertz CT molecular complexity index is 739. The highest BCUT2D eigenvalue weighted by atomic mass is 16.1. The Balaban J connectivity index is 1.39. The summed E-state index contributed by atoms with van der Waals surface area (Å²) in [4.78, 5) is 20.4. The summed E-state index contributed by atoms with van der Waals surface area (Å²) < 4.78 is 0. The average Bonchev–Trinajstić information content (AvgIpc) is 2.94. The molecule has 2 aromatic rings. The molecule has 5 nitrogen and oxygen atoms in total. The standard InChI is InChI=1S/C19H26N4O/c1-11-5-6-15-16(7-11)23-17(22-15)10-21-19(24)14-8-12-3-2-4-13(9-14)18(12)20/h5-7,12-14,18H,2-4,8-10,20H2,1H3,(H,21,24)(H,22,23). The van der Waals surface area contributed by atoms with Crippen LogP contribution in [0.25, 0.3) is 11.0 Å². The molecule has 128 valence electrons. The van der Waals surface area contributed by atoms with E-state index in [9.17, 15) is 4.79 Å². The molecule has 2 saturated carbocycles. The zero-order valence-electron chi connectivity index (χ0n) is 14.2. The molecular weight excluding hydrogens is 300 g/mol. The number of aromatic nitrogens is 2. The third-order valence-electron chi connectivity index (χ3n) is 5.90. The van der Waals surface area contributed by atoms with Crippen LogP contribution in [0.2, 0.25) is 0 Å². The van der Waals surface area contributed by atoms with Crippen LogP contribution in [-0.2, 0) is 11.3 Å². The molecule has 5 heteroatoms. The van der Waals surface area contributed by atoms with E-state index in [2.05, 4.69) is 34.3 Å². The first-order valence-corrected chi connectivity index (χ1v) is 9.08. The summed E-state index contributed by atoms with van der Waals surface area (Å²) in [5.41, 5.74) is 9.49. The first-order chi connectivity index (χ1) is 11.6. The fourth-order valence-corrected chi connectivity index (χ4v) is 4.58. The number of fused-ring (bicyclic) bond motifs is 3. The number of amides is 1. The van der Waals surface area contributed by atoms with E-state index in [1.54, 1.807) is 0 Å². The summed E-state index contributed by atoms with van der Waals surface area (Å²) in [5.74, 6) is 2.16. The Hall–Kier alpha value is -1.88. The van der Waals surface area contributed by atoms with E-state index in [0.717, 1.165) is 29.7 Å². The van der Waals surface area contributed by atoms with Gasteiger partial charge in [0.05, 0.1) is 17.6 Å². The van der Waals surface area contributed by atoms with Gasteiger partial charge >= 0.3 is 0 Å². The van der Waals surface area contributed by atoms with Gasteiger partial charge in [-0.25, -0.2) is 4.98 Å². The minimum absolute atomic E-state index is 0.117. The van der Waals surface area contributed by atoms with Gasteiger partial charge in [0.1, 0.15) is 5.82 Å². The van der Waals surface area contributed by atoms with Crippen molar-refractivity contribution in [1.82, 2.24) is 15.3 Å². The fourth-order valence-electron chi connectivity index (χ4n) is 4.58. The number of H-pyrrole nitrogens is 1. The smallest absolute Gasteiger partial charge is 0.223 e. The maximum atomic E-state index is 12.6. The largest absolute Gasteiger partial charge is 0.349 e. The molecule has 0 radical (unpaired) electrons. The summed E-state index contributed by atoms with van der Waals surface area (Å²) in [6.45, 7) is 2.52. The molecule has 2 aliphatic carbocycles. The van der Waals surface area contributed by atoms with Crippen molar-refractivity contribution in [2.45, 2.75) is 51.6 Å². The molecule has 0 spiro atoms. The second kappa shape index (κ2) is 6.20. The van der Waals surface area contributed by atoms with E-state index in [-0.39, 0.29) is 11.8 Å². The van der Waals surface area contributed by atoms with Crippen LogP contribution in [-0.4, -0.2) is 21.9 Å². The van der Waals surface area contributed by atoms with Crippen molar-refractivity contribution >= 4 is 16.9 Å². The molecule has 1 aromatic carbocycles. The van der Waals surface area contributed by atoms with E-state index in [1.807, 2.05) is 6.07 Å². The third kappa shape index (κ3) is 2.93. The molecule has 4 rings (SSSR count). The normalized spacial score (nSPS) is 29.6. The molecule has 4 N–H and O–H groups in total. The molecule has 2 aliphatic rings. The average molecular weight is 326 g/mol. The van der Waals surface area contributed by atoms with Crippen molar-refractivity contribution in [1.29, 1.82) is 0 Å². The van der Waals surface area contributed by atoms with Crippen LogP contribution in [0.5, 0.6) is 0 Å². The first kappa shape index (κ1) is 15.6. The van der Waals surface area contributed by atoms with Crippen LogP contribution < -0.4 is 11.1 Å². The van der Waals surface area contributed by atoms with Crippen LogP contribution in [0.15, 0.2) is 18.2 Å². The lowest BCUT2D eigenvalue weighted by Crippen LogP contribution is -2.49. The van der Waals surface area contributed by atoms with Gasteiger partial charge in [0.15, 0.2) is 0 Å². The van der Waals surface area contributed by atoms with E-state index in [4.69, 9.17) is 5.73 Å². The van der Waals surface area contributed by atoms with Gasteiger partial charge in [-0.2, -0.15) is 0 Å². The van der Waals surface area contributed by atoms with Gasteiger partial charge in [-0.15, -0.1) is 0 Å². The molecule has 1 amide bonds. The van der Waals surface area contributed by atoms with Gasteiger partial charge in [0.25, 0.3) is 0 Å². The molecule has 1 aromatic heterocycles. The number of benzene rings is 1. The number of nitrogens with one attached hydrogen (secondary N) is 2. The van der Waals surface area contributed by atoms with Crippen LogP contribution in [0, 0.1) is 24.7 Å². The maximum absolute atomic E-state index is 12.6.